The van der Waals surface area contributed by atoms with E-state index in [-0.39, 0.29) is 30.4 Å². The van der Waals surface area contributed by atoms with Crippen LogP contribution in [0.1, 0.15) is 55.6 Å². The van der Waals surface area contributed by atoms with Crippen LogP contribution in [0.3, 0.4) is 0 Å². The second-order valence-electron chi connectivity index (χ2n) is 11.8. The number of nitrogens with zero attached hydrogens (tertiary/aromatic N) is 6. The number of piperidine rings is 1. The summed E-state index contributed by atoms with van der Waals surface area (Å²) in [4.78, 5) is 29.4. The second-order valence-corrected chi connectivity index (χ2v) is 11.8. The fraction of sp³-hybridized carbons (Fsp3) is 0.621. The van der Waals surface area contributed by atoms with E-state index in [1.54, 1.807) is 0 Å². The minimum atomic E-state index is -4.59. The summed E-state index contributed by atoms with van der Waals surface area (Å²) < 4.78 is 41.4. The van der Waals surface area contributed by atoms with Gasteiger partial charge in [-0.15, -0.1) is 0 Å². The summed E-state index contributed by atoms with van der Waals surface area (Å²) in [5.41, 5.74) is 2.27. The zero-order chi connectivity index (χ0) is 28.6. The zero-order valence-corrected chi connectivity index (χ0v) is 23.6. The molecule has 1 atom stereocenters. The molecule has 0 bridgehead atoms. The number of piperazine rings is 1. The number of fused-ring (bicyclic) bond motifs is 1. The van der Waals surface area contributed by atoms with E-state index in [0.717, 1.165) is 82.3 Å². The number of benzene rings is 1. The lowest BCUT2D eigenvalue weighted by Gasteiger charge is -2.34. The summed E-state index contributed by atoms with van der Waals surface area (Å²) in [5, 5.41) is 6.08. The molecule has 3 aliphatic heterocycles. The van der Waals surface area contributed by atoms with Crippen molar-refractivity contribution < 1.29 is 18.0 Å². The molecule has 2 aromatic rings. The van der Waals surface area contributed by atoms with Gasteiger partial charge in [-0.05, 0) is 75.3 Å². The van der Waals surface area contributed by atoms with Gasteiger partial charge >= 0.3 is 12.2 Å². The van der Waals surface area contributed by atoms with Crippen LogP contribution in [0.5, 0.6) is 0 Å². The molecule has 1 aromatic carbocycles. The van der Waals surface area contributed by atoms with Crippen molar-refractivity contribution >= 4 is 29.2 Å². The maximum atomic E-state index is 13.8. The third kappa shape index (κ3) is 6.32. The Morgan fingerprint density at radius 3 is 2.59 bits per heavy atom. The van der Waals surface area contributed by atoms with E-state index in [2.05, 4.69) is 49.6 Å². The van der Waals surface area contributed by atoms with E-state index < -0.39 is 11.7 Å². The van der Waals surface area contributed by atoms with Crippen LogP contribution in [0, 0.1) is 0 Å². The van der Waals surface area contributed by atoms with Gasteiger partial charge in [0.1, 0.15) is 11.4 Å². The monoisotopic (exact) mass is 572 g/mol. The molecule has 12 heteroatoms. The predicted molar refractivity (Wildman–Crippen MR) is 153 cm³/mol. The van der Waals surface area contributed by atoms with Gasteiger partial charge in [-0.25, -0.2) is 9.78 Å². The molecule has 4 aliphatic rings. The first-order valence-electron chi connectivity index (χ1n) is 14.8. The van der Waals surface area contributed by atoms with Crippen molar-refractivity contribution in [1.82, 2.24) is 24.7 Å². The molecular formula is C29H39F3N8O. The van der Waals surface area contributed by atoms with Crippen molar-refractivity contribution in [3.8, 4) is 0 Å². The minimum Gasteiger partial charge on any atom is -0.369 e. The molecule has 4 heterocycles. The quantitative estimate of drug-likeness (QED) is 0.411. The summed E-state index contributed by atoms with van der Waals surface area (Å²) >= 11 is 0. The molecule has 0 unspecified atom stereocenters. The van der Waals surface area contributed by atoms with Crippen LogP contribution in [0.25, 0.3) is 0 Å². The lowest BCUT2D eigenvalue weighted by atomic mass is 10.0. The summed E-state index contributed by atoms with van der Waals surface area (Å²) in [5.74, 6) is 0.314. The van der Waals surface area contributed by atoms with Crippen molar-refractivity contribution in [2.45, 2.75) is 56.7 Å². The highest BCUT2D eigenvalue weighted by atomic mass is 19.4. The van der Waals surface area contributed by atoms with Gasteiger partial charge in [0, 0.05) is 69.9 Å². The maximum absolute atomic E-state index is 13.8. The number of carbonyl (C=O) groups is 1. The number of carbonyl (C=O) groups excluding carboxylic acids is 1. The van der Waals surface area contributed by atoms with Gasteiger partial charge in [0.2, 0.25) is 5.95 Å². The van der Waals surface area contributed by atoms with E-state index in [4.69, 9.17) is 0 Å². The molecule has 0 spiro atoms. The van der Waals surface area contributed by atoms with E-state index in [0.29, 0.717) is 25.4 Å². The Bertz CT molecular complexity index is 1250. The summed E-state index contributed by atoms with van der Waals surface area (Å²) in [7, 11) is 2.13. The number of halogens is 3. The number of alkyl halides is 3. The second kappa shape index (κ2) is 11.5. The number of rotatable bonds is 9. The summed E-state index contributed by atoms with van der Waals surface area (Å²) in [6.07, 6.45) is 2.16. The molecular weight excluding hydrogens is 533 g/mol. The Morgan fingerprint density at radius 2 is 1.85 bits per heavy atom. The lowest BCUT2D eigenvalue weighted by molar-refractivity contribution is -0.137. The molecule has 9 nitrogen and oxygen atoms in total. The van der Waals surface area contributed by atoms with Crippen molar-refractivity contribution in [2.24, 2.45) is 0 Å². The highest BCUT2D eigenvalue weighted by molar-refractivity contribution is 5.77. The van der Waals surface area contributed by atoms with Crippen molar-refractivity contribution in [3.63, 3.8) is 0 Å². The van der Waals surface area contributed by atoms with E-state index in [1.165, 1.54) is 5.69 Å². The molecule has 4 fully saturated rings. The van der Waals surface area contributed by atoms with Crippen molar-refractivity contribution in [3.05, 3.63) is 35.5 Å². The number of hydrogen-bond donors (Lipinski definition) is 2. The van der Waals surface area contributed by atoms with Crippen LogP contribution in [-0.2, 0) is 6.18 Å². The van der Waals surface area contributed by atoms with Crippen LogP contribution in [0.2, 0.25) is 0 Å². The van der Waals surface area contributed by atoms with Crippen LogP contribution in [-0.4, -0.2) is 96.1 Å². The molecule has 3 saturated heterocycles. The Morgan fingerprint density at radius 1 is 1.05 bits per heavy atom. The average Bonchev–Trinajstić information content (AvgIpc) is 3.75. The molecule has 41 heavy (non-hydrogen) atoms. The SMILES string of the molecule is CN1CCN(c2ccc(Nc3ncc(C(F)(F)F)c(NCCCN4C[C@@H]5CCCCN5C4=O)n3)c(C3CC3)c2)CC1. The van der Waals surface area contributed by atoms with Crippen LogP contribution < -0.4 is 15.5 Å². The van der Waals surface area contributed by atoms with Crippen molar-refractivity contribution in [1.29, 1.82) is 0 Å². The average molecular weight is 573 g/mol. The van der Waals surface area contributed by atoms with Gasteiger partial charge in [-0.1, -0.05) is 0 Å². The van der Waals surface area contributed by atoms with Crippen molar-refractivity contribution in [2.75, 3.05) is 74.9 Å². The zero-order valence-electron chi connectivity index (χ0n) is 23.6. The fourth-order valence-electron chi connectivity index (χ4n) is 6.18. The van der Waals surface area contributed by atoms with Crippen LogP contribution in [0.15, 0.2) is 24.4 Å². The number of urea groups is 1. The highest BCUT2D eigenvalue weighted by Crippen LogP contribution is 2.45. The Hall–Kier alpha value is -3.28. The molecule has 6 rings (SSSR count). The minimum absolute atomic E-state index is 0.0457. The summed E-state index contributed by atoms with van der Waals surface area (Å²) in [6, 6.07) is 6.59. The topological polar surface area (TPSA) is 79.9 Å². The first-order valence-corrected chi connectivity index (χ1v) is 14.8. The van der Waals surface area contributed by atoms with Gasteiger partial charge in [0.05, 0.1) is 6.04 Å². The molecule has 1 aliphatic carbocycles. The first-order chi connectivity index (χ1) is 19.8. The lowest BCUT2D eigenvalue weighted by Crippen LogP contribution is -2.44. The number of nitrogens with one attached hydrogen (secondary N) is 2. The van der Waals surface area contributed by atoms with E-state index in [1.807, 2.05) is 15.9 Å². The first kappa shape index (κ1) is 27.9. The van der Waals surface area contributed by atoms with Gasteiger partial charge in [-0.2, -0.15) is 18.2 Å². The normalized spacial score (nSPS) is 21.8. The Labute approximate surface area is 239 Å². The number of hydrogen-bond acceptors (Lipinski definition) is 7. The standard InChI is InChI=1S/C29H39F3N8O/c1-37-13-15-38(16-14-37)21-8-9-25(23(17-21)20-6-7-20)35-27-34-18-24(29(30,31)32)26(36-27)33-10-4-11-39-19-22-5-2-3-12-40(22)28(39)41/h8-9,17-18,20,22H,2-7,10-16,19H2,1H3,(H2,33,34,35,36)/t22-/m0/s1. The number of likely N-dealkylation sites (N-methyl/N-ethyl adjacent to an activating group) is 1. The highest BCUT2D eigenvalue weighted by Gasteiger charge is 2.38. The largest absolute Gasteiger partial charge is 0.421 e. The van der Waals surface area contributed by atoms with Crippen LogP contribution >= 0.6 is 0 Å². The van der Waals surface area contributed by atoms with Gasteiger partial charge < -0.3 is 30.2 Å². The van der Waals surface area contributed by atoms with Gasteiger partial charge in [0.15, 0.2) is 0 Å². The molecule has 2 N–H and O–H groups in total. The third-order valence-corrected chi connectivity index (χ3v) is 8.73. The number of aromatic nitrogens is 2. The maximum Gasteiger partial charge on any atom is 0.421 e. The predicted octanol–water partition coefficient (Wildman–Crippen LogP) is 4.96. The molecule has 222 valence electrons. The van der Waals surface area contributed by atoms with Gasteiger partial charge in [-0.3, -0.25) is 0 Å². The van der Waals surface area contributed by atoms with Gasteiger partial charge in [0.25, 0.3) is 0 Å². The molecule has 1 saturated carbocycles. The Kier molecular flexibility index (Phi) is 7.84. The smallest absolute Gasteiger partial charge is 0.369 e. The fourth-order valence-corrected chi connectivity index (χ4v) is 6.18. The van der Waals surface area contributed by atoms with Crippen LogP contribution in [0.4, 0.5) is 41.1 Å². The molecule has 0 radical (unpaired) electrons. The molecule has 2 amide bonds. The number of anilines is 4. The number of amides is 2. The Balaban J connectivity index is 1.13. The van der Waals surface area contributed by atoms with E-state index in [9.17, 15) is 18.0 Å². The third-order valence-electron chi connectivity index (χ3n) is 8.73. The van der Waals surface area contributed by atoms with E-state index >= 15 is 0 Å². The molecule has 1 aromatic heterocycles. The summed E-state index contributed by atoms with van der Waals surface area (Å²) in [6.45, 7) is 6.23.